The van der Waals surface area contributed by atoms with Crippen LogP contribution in [0.4, 0.5) is 11.4 Å². The van der Waals surface area contributed by atoms with Crippen molar-refractivity contribution in [2.45, 2.75) is 20.3 Å². The van der Waals surface area contributed by atoms with Crippen molar-refractivity contribution in [1.29, 1.82) is 0 Å². The van der Waals surface area contributed by atoms with Gasteiger partial charge >= 0.3 is 5.97 Å². The van der Waals surface area contributed by atoms with Crippen molar-refractivity contribution >= 4 is 51.0 Å². The van der Waals surface area contributed by atoms with Crippen LogP contribution in [0.1, 0.15) is 27.9 Å². The average molecular weight is 523 g/mol. The quantitative estimate of drug-likeness (QED) is 0.361. The number of aryl methyl sites for hydroxylation is 2. The summed E-state index contributed by atoms with van der Waals surface area (Å²) in [6.45, 7) is 3.32. The molecule has 3 aliphatic rings. The summed E-state index contributed by atoms with van der Waals surface area (Å²) in [5, 5.41) is 2.75. The molecule has 2 fully saturated rings. The number of imide groups is 1. The maximum absolute atomic E-state index is 13.0. The lowest BCUT2D eigenvalue weighted by molar-refractivity contribution is -0.123. The molecule has 1 aliphatic heterocycles. The monoisotopic (exact) mass is 522 g/mol. The van der Waals surface area contributed by atoms with Gasteiger partial charge in [0, 0.05) is 10.2 Å². The lowest BCUT2D eigenvalue weighted by Gasteiger charge is -2.18. The Balaban J connectivity index is 1.25. The van der Waals surface area contributed by atoms with E-state index in [0.29, 0.717) is 11.4 Å². The van der Waals surface area contributed by atoms with Crippen molar-refractivity contribution < 1.29 is 23.9 Å². The molecular weight excluding hydrogens is 500 g/mol. The molecule has 1 N–H and O–H groups in total. The molecule has 2 aromatic rings. The Labute approximate surface area is 205 Å². The zero-order valence-corrected chi connectivity index (χ0v) is 20.3. The van der Waals surface area contributed by atoms with Gasteiger partial charge in [-0.2, -0.15) is 0 Å². The first-order valence-electron chi connectivity index (χ1n) is 11.1. The zero-order chi connectivity index (χ0) is 24.1. The number of hydrogen-bond acceptors (Lipinski definition) is 5. The van der Waals surface area contributed by atoms with Crippen LogP contribution in [0.2, 0.25) is 0 Å². The fraction of sp³-hybridized carbons (Fsp3) is 0.308. The van der Waals surface area contributed by atoms with E-state index in [2.05, 4.69) is 21.2 Å². The zero-order valence-electron chi connectivity index (χ0n) is 18.7. The minimum absolute atomic E-state index is 0.112. The number of hydrogen-bond donors (Lipinski definition) is 1. The van der Waals surface area contributed by atoms with Crippen molar-refractivity contribution in [2.24, 2.45) is 23.7 Å². The number of anilines is 2. The molecule has 1 heterocycles. The van der Waals surface area contributed by atoms with E-state index in [9.17, 15) is 19.2 Å². The van der Waals surface area contributed by atoms with E-state index in [-0.39, 0.29) is 41.0 Å². The highest BCUT2D eigenvalue weighted by molar-refractivity contribution is 9.10. The highest BCUT2D eigenvalue weighted by Crippen LogP contribution is 2.53. The molecule has 8 heteroatoms. The Hall–Kier alpha value is -3.26. The lowest BCUT2D eigenvalue weighted by atomic mass is 9.85. The molecular formula is C26H23BrN2O5. The third-order valence-corrected chi connectivity index (χ3v) is 7.78. The van der Waals surface area contributed by atoms with Gasteiger partial charge in [-0.1, -0.05) is 34.1 Å². The van der Waals surface area contributed by atoms with Crippen LogP contribution in [0.5, 0.6) is 0 Å². The van der Waals surface area contributed by atoms with Crippen LogP contribution in [-0.2, 0) is 19.1 Å². The van der Waals surface area contributed by atoms with Crippen LogP contribution < -0.4 is 10.2 Å². The van der Waals surface area contributed by atoms with Crippen molar-refractivity contribution in [3.8, 4) is 0 Å². The van der Waals surface area contributed by atoms with Gasteiger partial charge in [0.2, 0.25) is 11.8 Å². The number of halogens is 1. The van der Waals surface area contributed by atoms with Crippen LogP contribution >= 0.6 is 15.9 Å². The molecule has 0 unspecified atom stereocenters. The van der Waals surface area contributed by atoms with E-state index < -0.39 is 18.5 Å². The fourth-order valence-electron chi connectivity index (χ4n) is 5.25. The molecule has 34 heavy (non-hydrogen) atoms. The van der Waals surface area contributed by atoms with Crippen molar-refractivity contribution in [1.82, 2.24) is 0 Å². The molecule has 4 atom stereocenters. The van der Waals surface area contributed by atoms with Gasteiger partial charge in [0.05, 0.1) is 23.1 Å². The average Bonchev–Trinajstić information content (AvgIpc) is 3.49. The molecule has 0 spiro atoms. The minimum Gasteiger partial charge on any atom is -0.452 e. The van der Waals surface area contributed by atoms with Crippen LogP contribution in [0.3, 0.4) is 0 Å². The Morgan fingerprint density at radius 2 is 1.71 bits per heavy atom. The summed E-state index contributed by atoms with van der Waals surface area (Å²) in [6, 6.07) is 9.97. The molecule has 5 rings (SSSR count). The Bertz CT molecular complexity index is 1240. The molecule has 0 radical (unpaired) electrons. The molecule has 0 aromatic heterocycles. The first-order chi connectivity index (χ1) is 16.2. The summed E-state index contributed by atoms with van der Waals surface area (Å²) in [5.74, 6) is -1.99. The number of nitrogens with zero attached hydrogens (tertiary/aromatic N) is 1. The number of esters is 1. The second-order valence-corrected chi connectivity index (χ2v) is 9.96. The molecule has 1 saturated heterocycles. The van der Waals surface area contributed by atoms with Gasteiger partial charge in [0.15, 0.2) is 6.61 Å². The van der Waals surface area contributed by atoms with Crippen LogP contribution in [0, 0.1) is 37.5 Å². The standard InChI is InChI=1S/C26H23BrN2O5/c1-13-9-20(14(2)8-19(13)27)28-21(30)12-34-26(33)17-4-3-5-18(11-17)29-24(31)22-15-6-7-16(10-15)23(22)25(29)32/h3-9,11,15-16,22-23H,10,12H2,1-2H3,(H,28,30)/t15-,16-,22-,23+/m0/s1. The highest BCUT2D eigenvalue weighted by Gasteiger charge is 2.59. The summed E-state index contributed by atoms with van der Waals surface area (Å²) >= 11 is 3.45. The summed E-state index contributed by atoms with van der Waals surface area (Å²) in [7, 11) is 0. The molecule has 2 aromatic carbocycles. The van der Waals surface area contributed by atoms with Gasteiger partial charge in [0.1, 0.15) is 0 Å². The molecule has 2 aliphatic carbocycles. The third-order valence-electron chi connectivity index (χ3n) is 6.92. The van der Waals surface area contributed by atoms with Gasteiger partial charge in [-0.3, -0.25) is 14.4 Å². The van der Waals surface area contributed by atoms with Gasteiger partial charge in [-0.05, 0) is 73.6 Å². The van der Waals surface area contributed by atoms with E-state index in [1.165, 1.54) is 17.0 Å². The first-order valence-corrected chi connectivity index (χ1v) is 11.9. The number of nitrogens with one attached hydrogen (secondary N) is 1. The second-order valence-electron chi connectivity index (χ2n) is 9.10. The number of benzene rings is 2. The van der Waals surface area contributed by atoms with E-state index in [1.54, 1.807) is 12.1 Å². The van der Waals surface area contributed by atoms with Crippen LogP contribution in [0.15, 0.2) is 53.0 Å². The van der Waals surface area contributed by atoms with E-state index >= 15 is 0 Å². The Morgan fingerprint density at radius 3 is 2.38 bits per heavy atom. The number of carbonyl (C=O) groups excluding carboxylic acids is 4. The molecule has 1 saturated carbocycles. The summed E-state index contributed by atoms with van der Waals surface area (Å²) in [4.78, 5) is 52.2. The SMILES string of the molecule is Cc1cc(NC(=O)COC(=O)c2cccc(N3C(=O)[C@@H]4[C@H](C3=O)[C@H]3C=C[C@H]4C3)c2)c(C)cc1Br. The first kappa shape index (κ1) is 22.5. The van der Waals surface area contributed by atoms with E-state index in [0.717, 1.165) is 22.0 Å². The van der Waals surface area contributed by atoms with Gasteiger partial charge in [-0.25, -0.2) is 9.69 Å². The Morgan fingerprint density at radius 1 is 1.03 bits per heavy atom. The predicted octanol–water partition coefficient (Wildman–Crippen LogP) is 4.17. The number of fused-ring (bicyclic) bond motifs is 5. The second kappa shape index (κ2) is 8.51. The summed E-state index contributed by atoms with van der Waals surface area (Å²) in [6.07, 6.45) is 4.93. The summed E-state index contributed by atoms with van der Waals surface area (Å²) in [5.41, 5.74) is 3.00. The van der Waals surface area contributed by atoms with Crippen LogP contribution in [0.25, 0.3) is 0 Å². The minimum atomic E-state index is -0.707. The number of amides is 3. The van der Waals surface area contributed by atoms with E-state index in [4.69, 9.17) is 4.74 Å². The largest absolute Gasteiger partial charge is 0.452 e. The Kier molecular flexibility index (Phi) is 5.64. The normalized spacial score (nSPS) is 24.5. The fourth-order valence-corrected chi connectivity index (χ4v) is 5.70. The van der Waals surface area contributed by atoms with E-state index in [1.807, 2.05) is 38.1 Å². The topological polar surface area (TPSA) is 92.8 Å². The molecule has 174 valence electrons. The predicted molar refractivity (Wildman–Crippen MR) is 129 cm³/mol. The third kappa shape index (κ3) is 3.76. The molecule has 7 nitrogen and oxygen atoms in total. The highest BCUT2D eigenvalue weighted by atomic mass is 79.9. The number of ether oxygens (including phenoxy) is 1. The van der Waals surface area contributed by atoms with Gasteiger partial charge < -0.3 is 10.1 Å². The van der Waals surface area contributed by atoms with Gasteiger partial charge in [0.25, 0.3) is 5.91 Å². The van der Waals surface area contributed by atoms with Crippen molar-refractivity contribution in [3.63, 3.8) is 0 Å². The molecule has 2 bridgehead atoms. The van der Waals surface area contributed by atoms with Crippen LogP contribution in [-0.4, -0.2) is 30.3 Å². The number of allylic oxidation sites excluding steroid dienone is 2. The summed E-state index contributed by atoms with van der Waals surface area (Å²) < 4.78 is 6.13. The maximum Gasteiger partial charge on any atom is 0.338 e. The van der Waals surface area contributed by atoms with Gasteiger partial charge in [-0.15, -0.1) is 0 Å². The smallest absolute Gasteiger partial charge is 0.338 e. The van der Waals surface area contributed by atoms with Crippen molar-refractivity contribution in [3.05, 3.63) is 69.7 Å². The number of rotatable bonds is 5. The molecule has 3 amide bonds. The lowest BCUT2D eigenvalue weighted by Crippen LogP contribution is -2.33. The maximum atomic E-state index is 13.0. The van der Waals surface area contributed by atoms with Crippen molar-refractivity contribution in [2.75, 3.05) is 16.8 Å². The number of carbonyl (C=O) groups is 4.